The Morgan fingerprint density at radius 2 is 1.63 bits per heavy atom. The number of carbonyl (C=O) groups excluding carboxylic acids is 1. The third-order valence-corrected chi connectivity index (χ3v) is 5.43. The second-order valence-corrected chi connectivity index (χ2v) is 8.07. The molecule has 1 N–H and O–H groups in total. The monoisotopic (exact) mass is 473 g/mol. The number of methoxy groups -OCH3 is 1. The molecule has 0 atom stereocenters. The van der Waals surface area contributed by atoms with Crippen LogP contribution in [0, 0.1) is 13.8 Å². The summed E-state index contributed by atoms with van der Waals surface area (Å²) < 4.78 is 22.6. The van der Waals surface area contributed by atoms with Crippen molar-refractivity contribution < 1.29 is 23.4 Å². The van der Waals surface area contributed by atoms with Crippen LogP contribution in [0.4, 0.5) is 5.69 Å². The first-order chi connectivity index (χ1) is 16.9. The maximum Gasteiger partial charge on any atom is 0.262 e. The highest BCUT2D eigenvalue weighted by Crippen LogP contribution is 2.33. The summed E-state index contributed by atoms with van der Waals surface area (Å²) >= 11 is 0. The van der Waals surface area contributed by atoms with Crippen LogP contribution in [0.3, 0.4) is 0 Å². The molecule has 1 amide bonds. The largest absolute Gasteiger partial charge is 0.497 e. The van der Waals surface area contributed by atoms with Gasteiger partial charge in [0.2, 0.25) is 11.2 Å². The molecule has 1 heterocycles. The fourth-order valence-corrected chi connectivity index (χ4v) is 3.83. The van der Waals surface area contributed by atoms with Crippen molar-refractivity contribution in [1.29, 1.82) is 0 Å². The normalized spacial score (nSPS) is 10.7. The number of anilines is 1. The zero-order valence-corrected chi connectivity index (χ0v) is 20.1. The number of carbonyl (C=O) groups is 1. The summed E-state index contributed by atoms with van der Waals surface area (Å²) in [4.78, 5) is 26.1. The summed E-state index contributed by atoms with van der Waals surface area (Å²) in [6.07, 6.45) is 0. The van der Waals surface area contributed by atoms with Crippen molar-refractivity contribution in [1.82, 2.24) is 0 Å². The Kier molecular flexibility index (Phi) is 7.06. The lowest BCUT2D eigenvalue weighted by Crippen LogP contribution is -2.22. The van der Waals surface area contributed by atoms with Crippen molar-refractivity contribution in [3.8, 4) is 28.6 Å². The fraction of sp³-hybridized carbons (Fsp3) is 0.214. The third kappa shape index (κ3) is 5.30. The molecule has 4 rings (SSSR count). The van der Waals surface area contributed by atoms with E-state index in [4.69, 9.17) is 18.6 Å². The minimum absolute atomic E-state index is 0.0190. The predicted molar refractivity (Wildman–Crippen MR) is 136 cm³/mol. The van der Waals surface area contributed by atoms with Gasteiger partial charge in [0.15, 0.2) is 12.4 Å². The van der Waals surface area contributed by atoms with Crippen molar-refractivity contribution in [2.75, 3.05) is 25.6 Å². The molecule has 3 aromatic carbocycles. The molecule has 0 radical (unpaired) electrons. The van der Waals surface area contributed by atoms with Gasteiger partial charge < -0.3 is 23.9 Å². The molecule has 0 saturated heterocycles. The lowest BCUT2D eigenvalue weighted by molar-refractivity contribution is -0.118. The molecule has 180 valence electrons. The molecule has 4 aromatic rings. The van der Waals surface area contributed by atoms with E-state index in [1.165, 1.54) is 0 Å². The number of hydrogen-bond acceptors (Lipinski definition) is 6. The van der Waals surface area contributed by atoms with Crippen LogP contribution in [0.5, 0.6) is 17.2 Å². The van der Waals surface area contributed by atoms with Gasteiger partial charge in [0.1, 0.15) is 17.1 Å². The first-order valence-electron chi connectivity index (χ1n) is 11.3. The zero-order chi connectivity index (χ0) is 24.9. The van der Waals surface area contributed by atoms with Crippen LogP contribution in [0.15, 0.2) is 69.9 Å². The predicted octanol–water partition coefficient (Wildman–Crippen LogP) is 5.50. The molecular formula is C28H27NO6. The van der Waals surface area contributed by atoms with Crippen molar-refractivity contribution >= 4 is 22.6 Å². The number of hydrogen-bond donors (Lipinski definition) is 1. The molecule has 7 heteroatoms. The summed E-state index contributed by atoms with van der Waals surface area (Å²) in [7, 11) is 1.58. The molecule has 0 fully saturated rings. The summed E-state index contributed by atoms with van der Waals surface area (Å²) in [5.74, 6) is 1.21. The molecule has 0 aliphatic heterocycles. The Labute approximate surface area is 203 Å². The van der Waals surface area contributed by atoms with Crippen LogP contribution >= 0.6 is 0 Å². The molecule has 0 saturated carbocycles. The van der Waals surface area contributed by atoms with E-state index in [1.807, 2.05) is 26.8 Å². The molecule has 35 heavy (non-hydrogen) atoms. The molecular weight excluding hydrogens is 446 g/mol. The average molecular weight is 474 g/mol. The van der Waals surface area contributed by atoms with E-state index >= 15 is 0 Å². The summed E-state index contributed by atoms with van der Waals surface area (Å²) in [5.41, 5.74) is 3.14. The van der Waals surface area contributed by atoms with E-state index in [2.05, 4.69) is 5.32 Å². The Bertz CT molecular complexity index is 1410. The van der Waals surface area contributed by atoms with E-state index in [1.54, 1.807) is 61.7 Å². The van der Waals surface area contributed by atoms with Gasteiger partial charge in [-0.3, -0.25) is 9.59 Å². The molecule has 0 unspecified atom stereocenters. The van der Waals surface area contributed by atoms with Crippen molar-refractivity contribution in [2.24, 2.45) is 0 Å². The van der Waals surface area contributed by atoms with Gasteiger partial charge in [0.05, 0.1) is 19.1 Å². The molecule has 0 bridgehead atoms. The Morgan fingerprint density at radius 3 is 2.29 bits per heavy atom. The number of fused-ring (bicyclic) bond motifs is 1. The lowest BCUT2D eigenvalue weighted by atomic mass is 10.1. The van der Waals surface area contributed by atoms with Crippen LogP contribution < -0.4 is 25.0 Å². The van der Waals surface area contributed by atoms with Crippen molar-refractivity contribution in [2.45, 2.75) is 20.8 Å². The summed E-state index contributed by atoms with van der Waals surface area (Å²) in [5, 5.41) is 3.17. The molecule has 0 aliphatic carbocycles. The van der Waals surface area contributed by atoms with Gasteiger partial charge in [-0.05, 0) is 86.5 Å². The van der Waals surface area contributed by atoms with Gasteiger partial charge in [-0.15, -0.1) is 0 Å². The number of nitrogens with one attached hydrogen (secondary N) is 1. The highest BCUT2D eigenvalue weighted by Gasteiger charge is 2.20. The Balaban J connectivity index is 1.66. The summed E-state index contributed by atoms with van der Waals surface area (Å²) in [6.45, 7) is 5.90. The van der Waals surface area contributed by atoms with Crippen LogP contribution in [0.1, 0.15) is 18.1 Å². The highest BCUT2D eigenvalue weighted by molar-refractivity contribution is 5.92. The minimum Gasteiger partial charge on any atom is -0.497 e. The lowest BCUT2D eigenvalue weighted by Gasteiger charge is -2.13. The van der Waals surface area contributed by atoms with E-state index in [0.717, 1.165) is 11.1 Å². The van der Waals surface area contributed by atoms with E-state index in [9.17, 15) is 9.59 Å². The second kappa shape index (κ2) is 10.3. The number of rotatable bonds is 8. The first-order valence-corrected chi connectivity index (χ1v) is 11.3. The molecule has 0 spiro atoms. The van der Waals surface area contributed by atoms with Crippen molar-refractivity contribution in [3.05, 3.63) is 82.0 Å². The standard InChI is InChI=1S/C28H27NO6/c1-5-33-22-12-8-20(9-13-22)29-24(30)16-34-28-25(31)23-15-17(2)14-18(3)26(23)35-27(28)19-6-10-21(32-4)11-7-19/h6-15H,5,16H2,1-4H3,(H,29,30). The fourth-order valence-electron chi connectivity index (χ4n) is 3.83. The van der Waals surface area contributed by atoms with Gasteiger partial charge in [0, 0.05) is 11.3 Å². The summed E-state index contributed by atoms with van der Waals surface area (Å²) in [6, 6.07) is 17.8. The van der Waals surface area contributed by atoms with Gasteiger partial charge in [-0.2, -0.15) is 0 Å². The quantitative estimate of drug-likeness (QED) is 0.364. The second-order valence-electron chi connectivity index (χ2n) is 8.07. The Morgan fingerprint density at radius 1 is 0.943 bits per heavy atom. The van der Waals surface area contributed by atoms with E-state index in [-0.39, 0.29) is 23.5 Å². The number of amides is 1. The minimum atomic E-state index is -0.408. The highest BCUT2D eigenvalue weighted by atomic mass is 16.5. The topological polar surface area (TPSA) is 87.0 Å². The SMILES string of the molecule is CCOc1ccc(NC(=O)COc2c(-c3ccc(OC)cc3)oc3c(C)cc(C)cc3c2=O)cc1. The zero-order valence-electron chi connectivity index (χ0n) is 20.1. The van der Waals surface area contributed by atoms with Gasteiger partial charge in [-0.1, -0.05) is 6.07 Å². The van der Waals surface area contributed by atoms with Crippen LogP contribution in [-0.2, 0) is 4.79 Å². The maximum atomic E-state index is 13.5. The molecule has 7 nitrogen and oxygen atoms in total. The Hall–Kier alpha value is -4.26. The first kappa shape index (κ1) is 23.9. The van der Waals surface area contributed by atoms with Crippen molar-refractivity contribution in [3.63, 3.8) is 0 Å². The van der Waals surface area contributed by atoms with Gasteiger partial charge in [-0.25, -0.2) is 0 Å². The number of aryl methyl sites for hydroxylation is 2. The number of benzene rings is 3. The third-order valence-electron chi connectivity index (χ3n) is 5.43. The smallest absolute Gasteiger partial charge is 0.262 e. The maximum absolute atomic E-state index is 13.5. The van der Waals surface area contributed by atoms with Crippen LogP contribution in [-0.4, -0.2) is 26.2 Å². The van der Waals surface area contributed by atoms with E-state index in [0.29, 0.717) is 40.3 Å². The number of ether oxygens (including phenoxy) is 3. The molecule has 1 aromatic heterocycles. The van der Waals surface area contributed by atoms with Crippen LogP contribution in [0.2, 0.25) is 0 Å². The van der Waals surface area contributed by atoms with Gasteiger partial charge in [0.25, 0.3) is 5.91 Å². The molecule has 0 aliphatic rings. The van der Waals surface area contributed by atoms with Crippen LogP contribution in [0.25, 0.3) is 22.3 Å². The average Bonchev–Trinajstić information content (AvgIpc) is 2.85. The van der Waals surface area contributed by atoms with Gasteiger partial charge >= 0.3 is 0 Å². The van der Waals surface area contributed by atoms with E-state index < -0.39 is 5.91 Å².